The van der Waals surface area contributed by atoms with Gasteiger partial charge in [0.1, 0.15) is 0 Å². The topological polar surface area (TPSA) is 81.4 Å². The predicted octanol–water partition coefficient (Wildman–Crippen LogP) is 1.82. The minimum Gasteiger partial charge on any atom is -0.357 e. The molecule has 2 rings (SSSR count). The number of rotatable bonds is 8. The Morgan fingerprint density at radius 2 is 2.32 bits per heavy atom. The maximum absolute atomic E-state index is 4.10. The molecule has 0 aliphatic rings. The van der Waals surface area contributed by atoms with E-state index in [1.54, 1.807) is 17.8 Å². The molecule has 0 unspecified atom stereocenters. The summed E-state index contributed by atoms with van der Waals surface area (Å²) in [4.78, 5) is 0. The number of thioether (sulfide) groups is 1. The van der Waals surface area contributed by atoms with Crippen LogP contribution in [0.5, 0.6) is 0 Å². The number of nitrogens with one attached hydrogen (secondary N) is 1. The van der Waals surface area contributed by atoms with Gasteiger partial charge in [-0.15, -0.1) is 21.9 Å². The van der Waals surface area contributed by atoms with Gasteiger partial charge in [-0.3, -0.25) is 0 Å². The summed E-state index contributed by atoms with van der Waals surface area (Å²) in [6.07, 6.45) is 2.80. The molecule has 0 atom stereocenters. The molecule has 0 bridgehead atoms. The molecule has 19 heavy (non-hydrogen) atoms. The smallest absolute Gasteiger partial charge is 0.206 e. The van der Waals surface area contributed by atoms with Crippen LogP contribution in [0, 0.1) is 0 Å². The quantitative estimate of drug-likeness (QED) is 0.588. The largest absolute Gasteiger partial charge is 0.357 e. The fraction of sp³-hybridized carbons (Fsp3) is 0.500. The monoisotopic (exact) mass is 297 g/mol. The van der Waals surface area contributed by atoms with Gasteiger partial charge in [0, 0.05) is 13.1 Å². The Bertz CT molecular complexity index is 521. The van der Waals surface area contributed by atoms with Gasteiger partial charge in [-0.25, -0.2) is 4.68 Å². The van der Waals surface area contributed by atoms with Crippen molar-refractivity contribution in [1.29, 1.82) is 0 Å². The van der Waals surface area contributed by atoms with Crippen molar-refractivity contribution in [2.45, 2.75) is 30.0 Å². The van der Waals surface area contributed by atoms with Crippen molar-refractivity contribution < 1.29 is 0 Å². The van der Waals surface area contributed by atoms with E-state index < -0.39 is 0 Å². The highest BCUT2D eigenvalue weighted by Gasteiger charge is 2.09. The number of hydrogen-bond donors (Lipinski definition) is 1. The van der Waals surface area contributed by atoms with Crippen LogP contribution in [0.4, 0.5) is 5.13 Å². The van der Waals surface area contributed by atoms with Gasteiger partial charge in [0.2, 0.25) is 5.13 Å². The number of aromatic nitrogens is 6. The molecule has 0 spiro atoms. The second-order valence-electron chi connectivity index (χ2n) is 3.65. The molecular formula is C10H15N7S2. The maximum atomic E-state index is 4.10. The van der Waals surface area contributed by atoms with Gasteiger partial charge in [-0.2, -0.15) is 0 Å². The van der Waals surface area contributed by atoms with Crippen molar-refractivity contribution in [3.8, 4) is 0 Å². The SMILES string of the molecule is C=CCNc1nnc(SCc2nnnn2CCC)s1. The zero-order chi connectivity index (χ0) is 13.5. The summed E-state index contributed by atoms with van der Waals surface area (Å²) in [5, 5.41) is 23.7. The number of aryl methyl sites for hydroxylation is 1. The van der Waals surface area contributed by atoms with Gasteiger partial charge in [-0.05, 0) is 16.8 Å². The molecule has 0 aromatic carbocycles. The Labute approximate surface area is 119 Å². The van der Waals surface area contributed by atoms with E-state index in [4.69, 9.17) is 0 Å². The van der Waals surface area contributed by atoms with Crippen molar-refractivity contribution in [3.05, 3.63) is 18.5 Å². The van der Waals surface area contributed by atoms with E-state index in [0.29, 0.717) is 12.3 Å². The molecule has 2 aromatic rings. The fourth-order valence-electron chi connectivity index (χ4n) is 1.34. The number of hydrogen-bond acceptors (Lipinski definition) is 8. The van der Waals surface area contributed by atoms with E-state index in [-0.39, 0.29) is 0 Å². The molecule has 0 radical (unpaired) electrons. The van der Waals surface area contributed by atoms with Crippen LogP contribution < -0.4 is 5.32 Å². The Kier molecular flexibility index (Phi) is 5.28. The number of nitrogens with zero attached hydrogens (tertiary/aromatic N) is 6. The van der Waals surface area contributed by atoms with Gasteiger partial charge < -0.3 is 5.32 Å². The number of tetrazole rings is 1. The van der Waals surface area contributed by atoms with Crippen molar-refractivity contribution in [1.82, 2.24) is 30.4 Å². The highest BCUT2D eigenvalue weighted by atomic mass is 32.2. The van der Waals surface area contributed by atoms with Gasteiger partial charge >= 0.3 is 0 Å². The lowest BCUT2D eigenvalue weighted by molar-refractivity contribution is 0.564. The average molecular weight is 297 g/mol. The number of anilines is 1. The van der Waals surface area contributed by atoms with Crippen molar-refractivity contribution in [3.63, 3.8) is 0 Å². The maximum Gasteiger partial charge on any atom is 0.206 e. The minimum atomic E-state index is 0.689. The Balaban J connectivity index is 1.89. The first-order valence-electron chi connectivity index (χ1n) is 5.89. The van der Waals surface area contributed by atoms with Crippen molar-refractivity contribution in [2.75, 3.05) is 11.9 Å². The summed E-state index contributed by atoms with van der Waals surface area (Å²) in [6.45, 7) is 7.27. The molecule has 0 aliphatic heterocycles. The molecule has 2 aromatic heterocycles. The average Bonchev–Trinajstić information content (AvgIpc) is 3.03. The van der Waals surface area contributed by atoms with Crippen LogP contribution in [0.15, 0.2) is 17.0 Å². The van der Waals surface area contributed by atoms with Crippen LogP contribution in [0.2, 0.25) is 0 Å². The van der Waals surface area contributed by atoms with Crippen LogP contribution >= 0.6 is 23.1 Å². The second kappa shape index (κ2) is 7.19. The standard InChI is InChI=1S/C10H15N7S2/c1-3-5-11-9-13-14-10(19-9)18-7-8-12-15-16-17(8)6-4-2/h3H,1,4-7H2,2H3,(H,11,13). The molecule has 0 fully saturated rings. The molecule has 0 saturated carbocycles. The van der Waals surface area contributed by atoms with E-state index in [1.165, 1.54) is 11.3 Å². The van der Waals surface area contributed by atoms with Gasteiger partial charge in [0.05, 0.1) is 5.75 Å². The first-order chi connectivity index (χ1) is 9.33. The summed E-state index contributed by atoms with van der Waals surface area (Å²) >= 11 is 3.11. The zero-order valence-corrected chi connectivity index (χ0v) is 12.2. The summed E-state index contributed by atoms with van der Waals surface area (Å²) in [5.74, 6) is 1.56. The van der Waals surface area contributed by atoms with Crippen LogP contribution in [0.1, 0.15) is 19.2 Å². The minimum absolute atomic E-state index is 0.689. The van der Waals surface area contributed by atoms with Crippen molar-refractivity contribution >= 4 is 28.2 Å². The zero-order valence-electron chi connectivity index (χ0n) is 10.6. The molecule has 102 valence electrons. The van der Waals surface area contributed by atoms with E-state index >= 15 is 0 Å². The third-order valence-corrected chi connectivity index (χ3v) is 4.18. The molecule has 1 N–H and O–H groups in total. The summed E-state index contributed by atoms with van der Waals surface area (Å²) < 4.78 is 2.72. The van der Waals surface area contributed by atoms with Crippen molar-refractivity contribution in [2.24, 2.45) is 0 Å². The Hall–Kier alpha value is -1.48. The lowest BCUT2D eigenvalue weighted by atomic mass is 10.5. The first-order valence-corrected chi connectivity index (χ1v) is 7.69. The van der Waals surface area contributed by atoms with Crippen LogP contribution in [-0.4, -0.2) is 36.9 Å². The highest BCUT2D eigenvalue weighted by Crippen LogP contribution is 2.27. The van der Waals surface area contributed by atoms with Gasteiger partial charge in [-0.1, -0.05) is 36.1 Å². The molecule has 0 saturated heterocycles. The summed E-state index contributed by atoms with van der Waals surface area (Å²) in [7, 11) is 0. The van der Waals surface area contributed by atoms with Crippen LogP contribution in [0.3, 0.4) is 0 Å². The molecule has 7 nitrogen and oxygen atoms in total. The third-order valence-electron chi connectivity index (χ3n) is 2.17. The predicted molar refractivity (Wildman–Crippen MR) is 76.3 cm³/mol. The van der Waals surface area contributed by atoms with Crippen LogP contribution in [-0.2, 0) is 12.3 Å². The summed E-state index contributed by atoms with van der Waals surface area (Å²) in [5.41, 5.74) is 0. The van der Waals surface area contributed by atoms with E-state index in [0.717, 1.165) is 28.3 Å². The first kappa shape index (κ1) is 13.9. The van der Waals surface area contributed by atoms with Gasteiger partial charge in [0.15, 0.2) is 10.2 Å². The molecule has 9 heteroatoms. The molecule has 0 amide bonds. The Morgan fingerprint density at radius 1 is 1.42 bits per heavy atom. The van der Waals surface area contributed by atoms with E-state index in [2.05, 4.69) is 44.5 Å². The summed E-state index contributed by atoms with van der Waals surface area (Å²) in [6, 6.07) is 0. The lowest BCUT2D eigenvalue weighted by Gasteiger charge is -2.00. The lowest BCUT2D eigenvalue weighted by Crippen LogP contribution is -2.04. The molecule has 0 aliphatic carbocycles. The van der Waals surface area contributed by atoms with Crippen LogP contribution in [0.25, 0.3) is 0 Å². The van der Waals surface area contributed by atoms with E-state index in [1.807, 2.05) is 4.68 Å². The van der Waals surface area contributed by atoms with Gasteiger partial charge in [0.25, 0.3) is 0 Å². The highest BCUT2D eigenvalue weighted by molar-refractivity contribution is 8.00. The molecule has 2 heterocycles. The van der Waals surface area contributed by atoms with E-state index in [9.17, 15) is 0 Å². The third kappa shape index (κ3) is 4.00. The second-order valence-corrected chi connectivity index (χ2v) is 5.85. The molecular weight excluding hydrogens is 282 g/mol. The normalized spacial score (nSPS) is 10.6. The Morgan fingerprint density at radius 3 is 3.11 bits per heavy atom. The fourth-order valence-corrected chi connectivity index (χ4v) is 3.03.